The number of rotatable bonds is 2. The number of methoxy groups -OCH3 is 1. The van der Waals surface area contributed by atoms with Crippen molar-refractivity contribution in [3.63, 3.8) is 0 Å². The van der Waals surface area contributed by atoms with Gasteiger partial charge in [-0.15, -0.1) is 0 Å². The molecule has 0 aliphatic rings. The van der Waals surface area contributed by atoms with E-state index in [-0.39, 0.29) is 0 Å². The first-order valence-corrected chi connectivity index (χ1v) is 4.94. The van der Waals surface area contributed by atoms with Gasteiger partial charge in [-0.1, -0.05) is 28.1 Å². The molecular weight excluding hydrogens is 244 g/mol. The summed E-state index contributed by atoms with van der Waals surface area (Å²) in [6.07, 6.45) is 1.75. The fraction of sp³-hybridized carbons (Fsp3) is 0.100. The lowest BCUT2D eigenvalue weighted by Gasteiger charge is -1.96. The number of nitrogens with one attached hydrogen (secondary N) is 1. The van der Waals surface area contributed by atoms with Crippen molar-refractivity contribution >= 4 is 15.9 Å². The summed E-state index contributed by atoms with van der Waals surface area (Å²) in [5.74, 6) is 0. The minimum atomic E-state index is 0.530. The summed E-state index contributed by atoms with van der Waals surface area (Å²) >= 11 is 3.39. The molecule has 0 radical (unpaired) electrons. The number of imidazole rings is 1. The van der Waals surface area contributed by atoms with E-state index in [9.17, 15) is 0 Å². The molecule has 2 rings (SSSR count). The highest BCUT2D eigenvalue weighted by molar-refractivity contribution is 9.10. The molecule has 0 aliphatic heterocycles. The van der Waals surface area contributed by atoms with E-state index in [1.165, 1.54) is 0 Å². The van der Waals surface area contributed by atoms with Crippen LogP contribution >= 0.6 is 15.9 Å². The lowest BCUT2D eigenvalue weighted by Crippen LogP contribution is -1.83. The van der Waals surface area contributed by atoms with E-state index in [0.717, 1.165) is 15.7 Å². The predicted octanol–water partition coefficient (Wildman–Crippen LogP) is 2.85. The highest BCUT2D eigenvalue weighted by Gasteiger charge is 2.01. The van der Waals surface area contributed by atoms with Crippen LogP contribution in [0.1, 0.15) is 0 Å². The lowest BCUT2D eigenvalue weighted by atomic mass is 10.2. The molecule has 1 N–H and O–H groups in total. The molecule has 0 fully saturated rings. The monoisotopic (exact) mass is 252 g/mol. The molecule has 1 heterocycles. The molecule has 0 bridgehead atoms. The second-order valence-electron chi connectivity index (χ2n) is 2.81. The molecule has 4 heteroatoms. The van der Waals surface area contributed by atoms with E-state index in [1.54, 1.807) is 13.3 Å². The van der Waals surface area contributed by atoms with Crippen molar-refractivity contribution in [1.29, 1.82) is 0 Å². The summed E-state index contributed by atoms with van der Waals surface area (Å²) in [6.45, 7) is 0. The van der Waals surface area contributed by atoms with Crippen LogP contribution in [-0.4, -0.2) is 17.1 Å². The van der Waals surface area contributed by atoms with E-state index in [0.29, 0.717) is 6.01 Å². The van der Waals surface area contributed by atoms with Crippen molar-refractivity contribution in [3.05, 3.63) is 34.9 Å². The SMILES string of the molecule is COc1ncc(-c2ccc(Br)cc2)[nH]1. The van der Waals surface area contributed by atoms with E-state index >= 15 is 0 Å². The van der Waals surface area contributed by atoms with Gasteiger partial charge in [-0.2, -0.15) is 0 Å². The van der Waals surface area contributed by atoms with Gasteiger partial charge in [0.15, 0.2) is 0 Å². The molecule has 3 nitrogen and oxygen atoms in total. The molecule has 0 atom stereocenters. The van der Waals surface area contributed by atoms with Gasteiger partial charge in [-0.05, 0) is 17.7 Å². The third-order valence-corrected chi connectivity index (χ3v) is 2.43. The number of halogens is 1. The van der Waals surface area contributed by atoms with Gasteiger partial charge in [0.25, 0.3) is 6.01 Å². The van der Waals surface area contributed by atoms with Crippen LogP contribution < -0.4 is 4.74 Å². The van der Waals surface area contributed by atoms with Gasteiger partial charge in [0.2, 0.25) is 0 Å². The second-order valence-corrected chi connectivity index (χ2v) is 3.73. The van der Waals surface area contributed by atoms with Crippen LogP contribution in [0.5, 0.6) is 6.01 Å². The number of ether oxygens (including phenoxy) is 1. The van der Waals surface area contributed by atoms with Crippen LogP contribution in [0.25, 0.3) is 11.3 Å². The predicted molar refractivity (Wildman–Crippen MR) is 58.3 cm³/mol. The fourth-order valence-electron chi connectivity index (χ4n) is 1.18. The Balaban J connectivity index is 2.34. The molecule has 1 aromatic carbocycles. The summed E-state index contributed by atoms with van der Waals surface area (Å²) in [5, 5.41) is 0. The van der Waals surface area contributed by atoms with Crippen LogP contribution in [0.15, 0.2) is 34.9 Å². The zero-order valence-electron chi connectivity index (χ0n) is 7.62. The molecule has 0 unspecified atom stereocenters. The Morgan fingerprint density at radius 3 is 2.57 bits per heavy atom. The van der Waals surface area contributed by atoms with Gasteiger partial charge in [0.05, 0.1) is 19.0 Å². The van der Waals surface area contributed by atoms with Gasteiger partial charge in [-0.25, -0.2) is 4.98 Å². The first-order valence-electron chi connectivity index (χ1n) is 4.14. The standard InChI is InChI=1S/C10H9BrN2O/c1-14-10-12-6-9(13-10)7-2-4-8(11)5-3-7/h2-6H,1H3,(H,12,13). The molecule has 0 saturated carbocycles. The highest BCUT2D eigenvalue weighted by atomic mass is 79.9. The van der Waals surface area contributed by atoms with E-state index in [4.69, 9.17) is 4.74 Å². The summed E-state index contributed by atoms with van der Waals surface area (Å²) in [6, 6.07) is 8.53. The summed E-state index contributed by atoms with van der Waals surface area (Å²) in [7, 11) is 1.59. The Morgan fingerprint density at radius 1 is 1.29 bits per heavy atom. The summed E-state index contributed by atoms with van der Waals surface area (Å²) < 4.78 is 6.03. The maximum atomic E-state index is 4.96. The Morgan fingerprint density at radius 2 is 2.00 bits per heavy atom. The van der Waals surface area contributed by atoms with Gasteiger partial charge in [-0.3, -0.25) is 0 Å². The third kappa shape index (κ3) is 1.80. The van der Waals surface area contributed by atoms with E-state index in [2.05, 4.69) is 25.9 Å². The van der Waals surface area contributed by atoms with Crippen molar-refractivity contribution in [1.82, 2.24) is 9.97 Å². The minimum Gasteiger partial charge on any atom is -0.468 e. The molecule has 2 aromatic rings. The topological polar surface area (TPSA) is 37.9 Å². The third-order valence-electron chi connectivity index (χ3n) is 1.90. The van der Waals surface area contributed by atoms with Gasteiger partial charge in [0.1, 0.15) is 0 Å². The van der Waals surface area contributed by atoms with Crippen LogP contribution in [0.4, 0.5) is 0 Å². The van der Waals surface area contributed by atoms with Crippen LogP contribution in [0.2, 0.25) is 0 Å². The zero-order valence-corrected chi connectivity index (χ0v) is 9.21. The number of aromatic nitrogens is 2. The number of hydrogen-bond acceptors (Lipinski definition) is 2. The first-order chi connectivity index (χ1) is 6.79. The highest BCUT2D eigenvalue weighted by Crippen LogP contribution is 2.21. The smallest absolute Gasteiger partial charge is 0.293 e. The molecule has 0 saturated heterocycles. The van der Waals surface area contributed by atoms with Crippen LogP contribution in [0, 0.1) is 0 Å². The summed E-state index contributed by atoms with van der Waals surface area (Å²) in [5.41, 5.74) is 2.04. The van der Waals surface area contributed by atoms with Gasteiger partial charge >= 0.3 is 0 Å². The van der Waals surface area contributed by atoms with Crippen molar-refractivity contribution < 1.29 is 4.74 Å². The second kappa shape index (κ2) is 3.84. The largest absolute Gasteiger partial charge is 0.468 e. The van der Waals surface area contributed by atoms with E-state index in [1.807, 2.05) is 24.3 Å². The Hall–Kier alpha value is -1.29. The van der Waals surface area contributed by atoms with Crippen molar-refractivity contribution in [2.24, 2.45) is 0 Å². The van der Waals surface area contributed by atoms with E-state index < -0.39 is 0 Å². The number of aromatic amines is 1. The quantitative estimate of drug-likeness (QED) is 0.893. The average molecular weight is 253 g/mol. The molecule has 0 spiro atoms. The Labute approximate surface area is 90.3 Å². The molecular formula is C10H9BrN2O. The minimum absolute atomic E-state index is 0.530. The van der Waals surface area contributed by atoms with Crippen molar-refractivity contribution in [2.75, 3.05) is 7.11 Å². The first kappa shape index (κ1) is 9.27. The van der Waals surface area contributed by atoms with Crippen molar-refractivity contribution in [2.45, 2.75) is 0 Å². The molecule has 72 valence electrons. The Kier molecular flexibility index (Phi) is 2.54. The van der Waals surface area contributed by atoms with Crippen molar-refractivity contribution in [3.8, 4) is 17.3 Å². The number of hydrogen-bond donors (Lipinski definition) is 1. The van der Waals surface area contributed by atoms with Crippen LogP contribution in [-0.2, 0) is 0 Å². The van der Waals surface area contributed by atoms with Gasteiger partial charge < -0.3 is 9.72 Å². The maximum absolute atomic E-state index is 4.96. The zero-order chi connectivity index (χ0) is 9.97. The van der Waals surface area contributed by atoms with Gasteiger partial charge in [0, 0.05) is 4.47 Å². The molecule has 0 aliphatic carbocycles. The maximum Gasteiger partial charge on any atom is 0.293 e. The summed E-state index contributed by atoms with van der Waals surface area (Å²) in [4.78, 5) is 7.09. The number of benzene rings is 1. The normalized spacial score (nSPS) is 10.1. The lowest BCUT2D eigenvalue weighted by molar-refractivity contribution is 0.384. The molecule has 0 amide bonds. The fourth-order valence-corrected chi connectivity index (χ4v) is 1.45. The number of nitrogens with zero attached hydrogens (tertiary/aromatic N) is 1. The molecule has 14 heavy (non-hydrogen) atoms. The molecule has 1 aromatic heterocycles. The number of H-pyrrole nitrogens is 1. The Bertz CT molecular complexity index is 422. The van der Waals surface area contributed by atoms with Crippen LogP contribution in [0.3, 0.4) is 0 Å². The average Bonchev–Trinajstić information content (AvgIpc) is 2.67.